The molecule has 3 aromatic rings. The smallest absolute Gasteiger partial charge is 0.414 e. The summed E-state index contributed by atoms with van der Waals surface area (Å²) in [7, 11) is 0. The van der Waals surface area contributed by atoms with Crippen LogP contribution in [0.1, 0.15) is 77.2 Å². The van der Waals surface area contributed by atoms with E-state index in [0.717, 1.165) is 59.3 Å². The summed E-state index contributed by atoms with van der Waals surface area (Å²) >= 11 is 1.47. The number of esters is 1. The van der Waals surface area contributed by atoms with Crippen LogP contribution in [0.3, 0.4) is 0 Å². The van der Waals surface area contributed by atoms with E-state index >= 15 is 0 Å². The van der Waals surface area contributed by atoms with Crippen molar-refractivity contribution in [3.05, 3.63) is 48.0 Å². The first-order chi connectivity index (χ1) is 17.3. The van der Waals surface area contributed by atoms with Crippen molar-refractivity contribution in [1.29, 1.82) is 0 Å². The average Bonchev–Trinajstić information content (AvgIpc) is 3.27. The lowest BCUT2D eigenvalue weighted by Crippen LogP contribution is -2.31. The maximum Gasteiger partial charge on any atom is 0.414 e. The average molecular weight is 522 g/mol. The Morgan fingerprint density at radius 3 is 2.39 bits per heavy atom. The van der Waals surface area contributed by atoms with Gasteiger partial charge in [0.15, 0.2) is 6.10 Å². The van der Waals surface area contributed by atoms with Gasteiger partial charge in [0.25, 0.3) is 0 Å². The van der Waals surface area contributed by atoms with E-state index < -0.39 is 12.3 Å². The summed E-state index contributed by atoms with van der Waals surface area (Å²) in [6.07, 6.45) is 0.351. The molecule has 0 radical (unpaired) electrons. The van der Waals surface area contributed by atoms with E-state index in [0.29, 0.717) is 24.2 Å². The number of fused-ring (bicyclic) bond motifs is 1. The largest absolute Gasteiger partial charge is 0.426 e. The van der Waals surface area contributed by atoms with Gasteiger partial charge in [0, 0.05) is 18.1 Å². The highest BCUT2D eigenvalue weighted by Crippen LogP contribution is 2.33. The van der Waals surface area contributed by atoms with Crippen LogP contribution >= 0.6 is 11.3 Å². The maximum absolute atomic E-state index is 13.3. The number of hydrogen-bond acceptors (Lipinski definition) is 5. The number of ether oxygens (including phenoxy) is 2. The molecule has 8 heteroatoms. The van der Waals surface area contributed by atoms with Crippen molar-refractivity contribution in [2.24, 2.45) is 0 Å². The Bertz CT molecular complexity index is 1100. The first-order valence-corrected chi connectivity index (χ1v) is 13.5. The van der Waals surface area contributed by atoms with Crippen molar-refractivity contribution in [2.75, 3.05) is 0 Å². The van der Waals surface area contributed by atoms with Gasteiger partial charge < -0.3 is 9.47 Å². The van der Waals surface area contributed by atoms with Gasteiger partial charge in [0.05, 0.1) is 16.8 Å². The lowest BCUT2D eigenvalue weighted by Gasteiger charge is -2.21. The number of hydrogen-bond donors (Lipinski definition) is 0. The molecule has 2 aromatic carbocycles. The second-order valence-corrected chi connectivity index (χ2v) is 10.00. The molecule has 0 saturated heterocycles. The minimum atomic E-state index is -4.37. The SMILES string of the molecule is CCCCCCC(OCc1ccc(-c2nc3ccc(OC(=O)CCCCC)cc3s2)cc1)C(F)(F)F. The van der Waals surface area contributed by atoms with Gasteiger partial charge in [-0.05, 0) is 30.5 Å². The minimum Gasteiger partial charge on any atom is -0.426 e. The Balaban J connectivity index is 1.60. The van der Waals surface area contributed by atoms with Gasteiger partial charge in [0.2, 0.25) is 0 Å². The van der Waals surface area contributed by atoms with Gasteiger partial charge in [-0.1, -0.05) is 76.6 Å². The number of halogens is 3. The van der Waals surface area contributed by atoms with Gasteiger partial charge in [-0.25, -0.2) is 4.98 Å². The van der Waals surface area contributed by atoms with Crippen molar-refractivity contribution >= 4 is 27.5 Å². The van der Waals surface area contributed by atoms with E-state index in [9.17, 15) is 18.0 Å². The Morgan fingerprint density at radius 2 is 1.69 bits per heavy atom. The van der Waals surface area contributed by atoms with Crippen molar-refractivity contribution < 1.29 is 27.4 Å². The molecule has 0 N–H and O–H groups in total. The second kappa shape index (κ2) is 13.7. The van der Waals surface area contributed by atoms with Gasteiger partial charge >= 0.3 is 12.1 Å². The van der Waals surface area contributed by atoms with E-state index in [2.05, 4.69) is 11.9 Å². The zero-order valence-electron chi connectivity index (χ0n) is 20.9. The van der Waals surface area contributed by atoms with Crippen molar-refractivity contribution in [3.63, 3.8) is 0 Å². The van der Waals surface area contributed by atoms with Crippen LogP contribution in [0.25, 0.3) is 20.8 Å². The Kier molecular flexibility index (Phi) is 10.7. The van der Waals surface area contributed by atoms with Crippen LogP contribution in [-0.4, -0.2) is 23.2 Å². The zero-order chi connectivity index (χ0) is 26.0. The third-order valence-electron chi connectivity index (χ3n) is 5.91. The Labute approximate surface area is 214 Å². The molecule has 0 spiro atoms. The summed E-state index contributed by atoms with van der Waals surface area (Å²) in [4.78, 5) is 16.7. The fraction of sp³-hybridized carbons (Fsp3) is 0.500. The van der Waals surface area contributed by atoms with Crippen LogP contribution in [0.2, 0.25) is 0 Å². The van der Waals surface area contributed by atoms with Crippen molar-refractivity contribution in [3.8, 4) is 16.3 Å². The van der Waals surface area contributed by atoms with E-state index in [-0.39, 0.29) is 19.0 Å². The summed E-state index contributed by atoms with van der Waals surface area (Å²) in [6.45, 7) is 4.02. The summed E-state index contributed by atoms with van der Waals surface area (Å²) in [5.74, 6) is 0.264. The van der Waals surface area contributed by atoms with Crippen LogP contribution in [-0.2, 0) is 16.1 Å². The topological polar surface area (TPSA) is 48.4 Å². The molecule has 36 heavy (non-hydrogen) atoms. The minimum absolute atomic E-state index is 0.0106. The molecular weight excluding hydrogens is 487 g/mol. The fourth-order valence-corrected chi connectivity index (χ4v) is 4.83. The van der Waals surface area contributed by atoms with Crippen molar-refractivity contribution in [1.82, 2.24) is 4.98 Å². The third kappa shape index (κ3) is 8.59. The fourth-order valence-electron chi connectivity index (χ4n) is 3.83. The zero-order valence-corrected chi connectivity index (χ0v) is 21.7. The highest BCUT2D eigenvalue weighted by atomic mass is 32.1. The Hall–Kier alpha value is -2.45. The van der Waals surface area contributed by atoms with Crippen molar-refractivity contribution in [2.45, 2.75) is 90.5 Å². The molecule has 0 bridgehead atoms. The van der Waals surface area contributed by atoms with E-state index in [1.54, 1.807) is 18.2 Å². The standard InChI is InChI=1S/C28H34F3NO3S/c1-3-5-7-9-10-25(28(29,30)31)34-19-20-12-14-21(15-13-20)27-32-23-17-16-22(18-24(23)36-27)35-26(33)11-8-6-4-2/h12-18,25H,3-11,19H2,1-2H3. The monoisotopic (exact) mass is 521 g/mol. The third-order valence-corrected chi connectivity index (χ3v) is 6.98. The van der Waals surface area contributed by atoms with Crippen LogP contribution < -0.4 is 4.74 Å². The summed E-state index contributed by atoms with van der Waals surface area (Å²) in [5, 5.41) is 0.785. The first kappa shape index (κ1) is 28.1. The number of alkyl halides is 3. The van der Waals surface area contributed by atoms with E-state index in [4.69, 9.17) is 9.47 Å². The van der Waals surface area contributed by atoms with Gasteiger partial charge in [-0.3, -0.25) is 4.79 Å². The van der Waals surface area contributed by atoms with Crippen LogP contribution in [0.5, 0.6) is 5.75 Å². The number of aromatic nitrogens is 1. The van der Waals surface area contributed by atoms with Crippen LogP contribution in [0.15, 0.2) is 42.5 Å². The normalized spacial score (nSPS) is 12.7. The van der Waals surface area contributed by atoms with Crippen LogP contribution in [0, 0.1) is 0 Å². The molecule has 196 valence electrons. The molecule has 4 nitrogen and oxygen atoms in total. The predicted molar refractivity (Wildman–Crippen MR) is 138 cm³/mol. The number of rotatable bonds is 14. The molecule has 1 unspecified atom stereocenters. The number of carbonyl (C=O) groups is 1. The lowest BCUT2D eigenvalue weighted by molar-refractivity contribution is -0.225. The first-order valence-electron chi connectivity index (χ1n) is 12.7. The van der Waals surface area contributed by atoms with E-state index in [1.807, 2.05) is 31.2 Å². The number of unbranched alkanes of at least 4 members (excludes halogenated alkanes) is 5. The number of thiazole rings is 1. The number of carbonyl (C=O) groups excluding carboxylic acids is 1. The van der Waals surface area contributed by atoms with Gasteiger partial charge in [0.1, 0.15) is 10.8 Å². The second-order valence-electron chi connectivity index (χ2n) is 8.97. The molecular formula is C28H34F3NO3S. The molecule has 0 aliphatic carbocycles. The molecule has 0 amide bonds. The Morgan fingerprint density at radius 1 is 0.972 bits per heavy atom. The number of benzene rings is 2. The van der Waals surface area contributed by atoms with Gasteiger partial charge in [-0.2, -0.15) is 13.2 Å². The van der Waals surface area contributed by atoms with Crippen LogP contribution in [0.4, 0.5) is 13.2 Å². The molecule has 1 heterocycles. The molecule has 0 aliphatic heterocycles. The highest BCUT2D eigenvalue weighted by molar-refractivity contribution is 7.21. The number of nitrogens with zero attached hydrogens (tertiary/aromatic N) is 1. The summed E-state index contributed by atoms with van der Waals surface area (Å²) in [5.41, 5.74) is 2.34. The molecule has 0 fully saturated rings. The molecule has 1 atom stereocenters. The van der Waals surface area contributed by atoms with E-state index in [1.165, 1.54) is 11.3 Å². The molecule has 1 aromatic heterocycles. The van der Waals surface area contributed by atoms with Gasteiger partial charge in [-0.15, -0.1) is 11.3 Å². The summed E-state index contributed by atoms with van der Waals surface area (Å²) < 4.78 is 51.6. The molecule has 3 rings (SSSR count). The quantitative estimate of drug-likeness (QED) is 0.121. The highest BCUT2D eigenvalue weighted by Gasteiger charge is 2.40. The predicted octanol–water partition coefficient (Wildman–Crippen LogP) is 8.87. The molecule has 0 saturated carbocycles. The maximum atomic E-state index is 13.3. The summed E-state index contributed by atoms with van der Waals surface area (Å²) in [6, 6.07) is 12.6. The molecule has 0 aliphatic rings. The lowest BCUT2D eigenvalue weighted by atomic mass is 10.1.